The minimum atomic E-state index is -0.0723. The summed E-state index contributed by atoms with van der Waals surface area (Å²) in [5.74, 6) is 1.91. The van der Waals surface area contributed by atoms with Gasteiger partial charge in [0.05, 0.1) is 7.11 Å². The van der Waals surface area contributed by atoms with Gasteiger partial charge in [-0.1, -0.05) is 42.5 Å². The Labute approximate surface area is 165 Å². The van der Waals surface area contributed by atoms with Crippen LogP contribution in [0.5, 0.6) is 5.75 Å². The molecule has 6 heteroatoms. The standard InChI is InChI=1S/C22H24N4O2/c1-28-19-9-5-8-18(16-19)14-15-23-20-11-12-21(26-25-20)24-22(27)13-10-17-6-3-2-4-7-17/h2-9,11-12,16H,10,13-15H2,1H3,(H,23,25)(H,24,26,27). The molecule has 2 aromatic carbocycles. The second-order valence-corrected chi connectivity index (χ2v) is 6.37. The fourth-order valence-electron chi connectivity index (χ4n) is 2.76. The van der Waals surface area contributed by atoms with E-state index in [0.717, 1.165) is 24.3 Å². The summed E-state index contributed by atoms with van der Waals surface area (Å²) in [6.07, 6.45) is 1.95. The molecule has 28 heavy (non-hydrogen) atoms. The molecule has 0 aliphatic rings. The summed E-state index contributed by atoms with van der Waals surface area (Å²) in [5, 5.41) is 14.2. The Morgan fingerprint density at radius 3 is 2.39 bits per heavy atom. The first-order valence-electron chi connectivity index (χ1n) is 9.27. The van der Waals surface area contributed by atoms with Crippen LogP contribution < -0.4 is 15.4 Å². The number of nitrogens with one attached hydrogen (secondary N) is 2. The van der Waals surface area contributed by atoms with E-state index in [1.807, 2.05) is 54.6 Å². The Morgan fingerprint density at radius 2 is 1.64 bits per heavy atom. The van der Waals surface area contributed by atoms with Crippen LogP contribution in [0.2, 0.25) is 0 Å². The number of ether oxygens (including phenoxy) is 1. The Morgan fingerprint density at radius 1 is 0.893 bits per heavy atom. The molecular weight excluding hydrogens is 352 g/mol. The van der Waals surface area contributed by atoms with Crippen LogP contribution in [0.25, 0.3) is 0 Å². The molecule has 0 spiro atoms. The Kier molecular flexibility index (Phi) is 6.95. The van der Waals surface area contributed by atoms with Gasteiger partial charge in [-0.2, -0.15) is 0 Å². The zero-order chi connectivity index (χ0) is 19.6. The Bertz CT molecular complexity index is 883. The molecule has 3 rings (SSSR count). The summed E-state index contributed by atoms with van der Waals surface area (Å²) in [6, 6.07) is 21.5. The maximum Gasteiger partial charge on any atom is 0.225 e. The zero-order valence-electron chi connectivity index (χ0n) is 15.9. The number of aryl methyl sites for hydroxylation is 1. The van der Waals surface area contributed by atoms with Crippen LogP contribution in [-0.2, 0) is 17.6 Å². The minimum Gasteiger partial charge on any atom is -0.497 e. The van der Waals surface area contributed by atoms with Crippen LogP contribution in [0.15, 0.2) is 66.7 Å². The highest BCUT2D eigenvalue weighted by molar-refractivity contribution is 5.89. The van der Waals surface area contributed by atoms with Gasteiger partial charge in [-0.25, -0.2) is 0 Å². The molecule has 2 N–H and O–H groups in total. The van der Waals surface area contributed by atoms with Crippen molar-refractivity contribution in [1.82, 2.24) is 10.2 Å². The average molecular weight is 376 g/mol. The number of amides is 1. The third kappa shape index (κ3) is 6.09. The maximum atomic E-state index is 12.0. The van der Waals surface area contributed by atoms with Crippen LogP contribution in [0.3, 0.4) is 0 Å². The number of aromatic nitrogens is 2. The quantitative estimate of drug-likeness (QED) is 0.595. The van der Waals surface area contributed by atoms with Crippen LogP contribution in [-0.4, -0.2) is 29.8 Å². The highest BCUT2D eigenvalue weighted by atomic mass is 16.5. The van der Waals surface area contributed by atoms with Crippen molar-refractivity contribution in [3.63, 3.8) is 0 Å². The molecule has 144 valence electrons. The van der Waals surface area contributed by atoms with Crippen molar-refractivity contribution in [3.8, 4) is 5.75 Å². The summed E-state index contributed by atoms with van der Waals surface area (Å²) < 4.78 is 5.23. The minimum absolute atomic E-state index is 0.0723. The van der Waals surface area contributed by atoms with Crippen molar-refractivity contribution < 1.29 is 9.53 Å². The number of benzene rings is 2. The van der Waals surface area contributed by atoms with Gasteiger partial charge in [0.15, 0.2) is 5.82 Å². The summed E-state index contributed by atoms with van der Waals surface area (Å²) >= 11 is 0. The molecule has 1 amide bonds. The van der Waals surface area contributed by atoms with Crippen LogP contribution in [0, 0.1) is 0 Å². The lowest BCUT2D eigenvalue weighted by atomic mass is 10.1. The van der Waals surface area contributed by atoms with Crippen molar-refractivity contribution in [1.29, 1.82) is 0 Å². The molecular formula is C22H24N4O2. The molecule has 0 radical (unpaired) electrons. The highest BCUT2D eigenvalue weighted by Crippen LogP contribution is 2.13. The third-order valence-corrected chi connectivity index (χ3v) is 4.27. The van der Waals surface area contributed by atoms with Crippen molar-refractivity contribution in [2.45, 2.75) is 19.3 Å². The molecule has 0 bridgehead atoms. The van der Waals surface area contributed by atoms with E-state index in [0.29, 0.717) is 24.5 Å². The first-order valence-corrected chi connectivity index (χ1v) is 9.27. The van der Waals surface area contributed by atoms with Gasteiger partial charge in [0.2, 0.25) is 5.91 Å². The molecule has 0 saturated carbocycles. The Balaban J connectivity index is 1.42. The van der Waals surface area contributed by atoms with Crippen LogP contribution in [0.1, 0.15) is 17.5 Å². The van der Waals surface area contributed by atoms with Gasteiger partial charge >= 0.3 is 0 Å². The lowest BCUT2D eigenvalue weighted by molar-refractivity contribution is -0.116. The van der Waals surface area contributed by atoms with E-state index in [4.69, 9.17) is 4.74 Å². The van der Waals surface area contributed by atoms with E-state index in [-0.39, 0.29) is 5.91 Å². The fourth-order valence-corrected chi connectivity index (χ4v) is 2.76. The monoisotopic (exact) mass is 376 g/mol. The van der Waals surface area contributed by atoms with E-state index in [9.17, 15) is 4.79 Å². The lowest BCUT2D eigenvalue weighted by Crippen LogP contribution is -2.14. The number of hydrogen-bond donors (Lipinski definition) is 2. The summed E-state index contributed by atoms with van der Waals surface area (Å²) in [5.41, 5.74) is 2.32. The lowest BCUT2D eigenvalue weighted by Gasteiger charge is -2.08. The molecule has 6 nitrogen and oxygen atoms in total. The summed E-state index contributed by atoms with van der Waals surface area (Å²) in [4.78, 5) is 12.0. The molecule has 0 fully saturated rings. The smallest absolute Gasteiger partial charge is 0.225 e. The number of methoxy groups -OCH3 is 1. The zero-order valence-corrected chi connectivity index (χ0v) is 15.9. The van der Waals surface area contributed by atoms with Gasteiger partial charge in [-0.3, -0.25) is 4.79 Å². The fraction of sp³-hybridized carbons (Fsp3) is 0.227. The van der Waals surface area contributed by atoms with Gasteiger partial charge in [0.25, 0.3) is 0 Å². The number of carbonyl (C=O) groups is 1. The van der Waals surface area contributed by atoms with Crippen molar-refractivity contribution in [2.24, 2.45) is 0 Å². The first kappa shape index (κ1) is 19.4. The molecule has 0 unspecified atom stereocenters. The van der Waals surface area contributed by atoms with E-state index >= 15 is 0 Å². The van der Waals surface area contributed by atoms with Gasteiger partial charge in [-0.15, -0.1) is 10.2 Å². The number of hydrogen-bond acceptors (Lipinski definition) is 5. The van der Waals surface area contributed by atoms with Gasteiger partial charge in [0, 0.05) is 13.0 Å². The number of carbonyl (C=O) groups excluding carboxylic acids is 1. The normalized spacial score (nSPS) is 10.3. The SMILES string of the molecule is COc1cccc(CCNc2ccc(NC(=O)CCc3ccccc3)nn2)c1. The summed E-state index contributed by atoms with van der Waals surface area (Å²) in [6.45, 7) is 0.727. The first-order chi connectivity index (χ1) is 13.7. The molecule has 0 atom stereocenters. The molecule has 0 aliphatic carbocycles. The van der Waals surface area contributed by atoms with E-state index in [2.05, 4.69) is 26.9 Å². The predicted octanol–water partition coefficient (Wildman–Crippen LogP) is 3.71. The van der Waals surface area contributed by atoms with E-state index in [1.165, 1.54) is 5.56 Å². The van der Waals surface area contributed by atoms with E-state index in [1.54, 1.807) is 13.2 Å². The molecule has 3 aromatic rings. The van der Waals surface area contributed by atoms with Crippen LogP contribution >= 0.6 is 0 Å². The van der Waals surface area contributed by atoms with Gasteiger partial charge < -0.3 is 15.4 Å². The summed E-state index contributed by atoms with van der Waals surface area (Å²) in [7, 11) is 1.66. The second kappa shape index (κ2) is 10.1. The number of anilines is 2. The van der Waals surface area contributed by atoms with E-state index < -0.39 is 0 Å². The average Bonchev–Trinajstić information content (AvgIpc) is 2.74. The molecule has 0 aliphatic heterocycles. The Hall–Kier alpha value is -3.41. The van der Waals surface area contributed by atoms with Crippen molar-refractivity contribution >= 4 is 17.5 Å². The largest absolute Gasteiger partial charge is 0.497 e. The third-order valence-electron chi connectivity index (χ3n) is 4.27. The predicted molar refractivity (Wildman–Crippen MR) is 111 cm³/mol. The van der Waals surface area contributed by atoms with Crippen LogP contribution in [0.4, 0.5) is 11.6 Å². The number of rotatable bonds is 9. The molecule has 1 heterocycles. The van der Waals surface area contributed by atoms with Crippen molar-refractivity contribution in [2.75, 3.05) is 24.3 Å². The van der Waals surface area contributed by atoms with Crippen molar-refractivity contribution in [3.05, 3.63) is 77.9 Å². The molecule has 0 saturated heterocycles. The van der Waals surface area contributed by atoms with Gasteiger partial charge in [0.1, 0.15) is 11.6 Å². The number of nitrogens with zero attached hydrogens (tertiary/aromatic N) is 2. The molecule has 1 aromatic heterocycles. The second-order valence-electron chi connectivity index (χ2n) is 6.37. The van der Waals surface area contributed by atoms with Gasteiger partial charge in [-0.05, 0) is 48.2 Å². The topological polar surface area (TPSA) is 76.1 Å². The highest BCUT2D eigenvalue weighted by Gasteiger charge is 2.05. The maximum absolute atomic E-state index is 12.0.